The van der Waals surface area contributed by atoms with Crippen LogP contribution < -0.4 is 9.46 Å². The van der Waals surface area contributed by atoms with E-state index in [1.54, 1.807) is 30.5 Å². The van der Waals surface area contributed by atoms with Gasteiger partial charge in [-0.25, -0.2) is 18.1 Å². The monoisotopic (exact) mass is 424 g/mol. The fourth-order valence-corrected chi connectivity index (χ4v) is 4.46. The van der Waals surface area contributed by atoms with E-state index in [4.69, 9.17) is 4.74 Å². The lowest BCUT2D eigenvalue weighted by molar-refractivity contribution is 0.138. The van der Waals surface area contributed by atoms with Crippen molar-refractivity contribution in [1.29, 1.82) is 0 Å². The molecule has 0 unspecified atom stereocenters. The molecule has 3 rings (SSSR count). The number of hydrogen-bond acceptors (Lipinski definition) is 4. The van der Waals surface area contributed by atoms with Crippen LogP contribution in [0, 0.1) is 6.92 Å². The van der Waals surface area contributed by atoms with Gasteiger partial charge in [-0.2, -0.15) is 0 Å². The molecule has 0 spiro atoms. The lowest BCUT2D eigenvalue weighted by Crippen LogP contribution is -2.39. The van der Waals surface area contributed by atoms with Gasteiger partial charge in [-0.3, -0.25) is 0 Å². The Bertz CT molecular complexity index is 799. The molecule has 5 nitrogen and oxygen atoms in total. The van der Waals surface area contributed by atoms with Crippen molar-refractivity contribution in [3.63, 3.8) is 0 Å². The largest absolute Gasteiger partial charge is 0.474 e. The number of ether oxygens (including phenoxy) is 1. The number of benzene rings is 1. The number of aromatic nitrogens is 1. The summed E-state index contributed by atoms with van der Waals surface area (Å²) < 4.78 is 34.5. The molecule has 0 saturated heterocycles. The van der Waals surface area contributed by atoms with Crippen LogP contribution in [0.25, 0.3) is 0 Å². The van der Waals surface area contributed by atoms with E-state index in [-0.39, 0.29) is 17.0 Å². The third-order valence-electron chi connectivity index (χ3n) is 4.29. The fraction of sp³-hybridized carbons (Fsp3) is 0.389. The molecule has 0 amide bonds. The molecule has 134 valence electrons. The Morgan fingerprint density at radius 2 is 1.76 bits per heavy atom. The number of sulfonamides is 1. The highest BCUT2D eigenvalue weighted by Gasteiger charge is 2.26. The van der Waals surface area contributed by atoms with Gasteiger partial charge in [0.15, 0.2) is 0 Å². The quantitative estimate of drug-likeness (QED) is 0.791. The predicted octanol–water partition coefficient (Wildman–Crippen LogP) is 3.82. The van der Waals surface area contributed by atoms with Crippen LogP contribution in [0.5, 0.6) is 5.88 Å². The molecule has 1 N–H and O–H groups in total. The molecule has 1 saturated carbocycles. The average molecular weight is 425 g/mol. The zero-order valence-electron chi connectivity index (χ0n) is 14.0. The molecular formula is C18H21BrN2O3S. The summed E-state index contributed by atoms with van der Waals surface area (Å²) in [5, 5.41) is 0. The molecule has 1 heterocycles. The number of nitrogens with zero attached hydrogens (tertiary/aromatic N) is 1. The van der Waals surface area contributed by atoms with Crippen molar-refractivity contribution >= 4 is 26.0 Å². The zero-order chi connectivity index (χ0) is 17.9. The van der Waals surface area contributed by atoms with Crippen molar-refractivity contribution in [3.05, 3.63) is 52.6 Å². The molecule has 0 aliphatic heterocycles. The van der Waals surface area contributed by atoms with Crippen LogP contribution in [-0.2, 0) is 10.0 Å². The maximum atomic E-state index is 12.4. The summed E-state index contributed by atoms with van der Waals surface area (Å²) in [6.07, 6.45) is 5.00. The van der Waals surface area contributed by atoms with E-state index in [2.05, 4.69) is 25.6 Å². The van der Waals surface area contributed by atoms with Crippen LogP contribution in [0.4, 0.5) is 0 Å². The Morgan fingerprint density at radius 3 is 2.36 bits per heavy atom. The van der Waals surface area contributed by atoms with Crippen molar-refractivity contribution in [1.82, 2.24) is 9.71 Å². The van der Waals surface area contributed by atoms with Crippen molar-refractivity contribution in [2.75, 3.05) is 0 Å². The minimum Gasteiger partial charge on any atom is -0.474 e. The third kappa shape index (κ3) is 5.03. The van der Waals surface area contributed by atoms with Gasteiger partial charge in [0.25, 0.3) is 0 Å². The van der Waals surface area contributed by atoms with E-state index in [1.807, 2.05) is 19.1 Å². The van der Waals surface area contributed by atoms with Gasteiger partial charge >= 0.3 is 0 Å². The van der Waals surface area contributed by atoms with Crippen molar-refractivity contribution < 1.29 is 13.2 Å². The summed E-state index contributed by atoms with van der Waals surface area (Å²) in [4.78, 5) is 4.55. The molecule has 0 bridgehead atoms. The van der Waals surface area contributed by atoms with Crippen LogP contribution in [0.2, 0.25) is 0 Å². The first-order chi connectivity index (χ1) is 11.9. The summed E-state index contributed by atoms with van der Waals surface area (Å²) >= 11 is 3.31. The summed E-state index contributed by atoms with van der Waals surface area (Å²) in [7, 11) is -3.48. The summed E-state index contributed by atoms with van der Waals surface area (Å²) in [5.41, 5.74) is 1.10. The second kappa shape index (κ2) is 7.85. The second-order valence-corrected chi connectivity index (χ2v) is 8.97. The number of pyridine rings is 1. The smallest absolute Gasteiger partial charge is 0.240 e. The van der Waals surface area contributed by atoms with Crippen LogP contribution >= 0.6 is 15.9 Å². The van der Waals surface area contributed by atoms with E-state index in [0.717, 1.165) is 35.7 Å². The van der Waals surface area contributed by atoms with Crippen LogP contribution in [0.1, 0.15) is 31.2 Å². The van der Waals surface area contributed by atoms with Crippen molar-refractivity contribution in [2.24, 2.45) is 0 Å². The van der Waals surface area contributed by atoms with Gasteiger partial charge in [-0.1, -0.05) is 22.0 Å². The SMILES string of the molecule is Cc1ccc(OC2CCC(NS(=O)(=O)c3ccc(Br)cc3)CC2)nc1. The molecule has 2 aromatic rings. The fourth-order valence-electron chi connectivity index (χ4n) is 2.89. The van der Waals surface area contributed by atoms with E-state index in [0.29, 0.717) is 5.88 Å². The van der Waals surface area contributed by atoms with E-state index < -0.39 is 10.0 Å². The molecule has 1 aromatic carbocycles. The molecule has 1 aliphatic carbocycles. The maximum absolute atomic E-state index is 12.4. The second-order valence-electron chi connectivity index (χ2n) is 6.34. The molecular weight excluding hydrogens is 404 g/mol. The minimum absolute atomic E-state index is 0.0560. The van der Waals surface area contributed by atoms with Crippen LogP contribution in [0.15, 0.2) is 52.0 Å². The standard InChI is InChI=1S/C18H21BrN2O3S/c1-13-2-11-18(20-12-13)24-16-7-5-15(6-8-16)21-25(22,23)17-9-3-14(19)4-10-17/h2-4,9-12,15-16,21H,5-8H2,1H3. The highest BCUT2D eigenvalue weighted by Crippen LogP contribution is 2.24. The van der Waals surface area contributed by atoms with Gasteiger partial charge in [-0.15, -0.1) is 0 Å². The average Bonchev–Trinajstić information content (AvgIpc) is 2.59. The summed E-state index contributed by atoms with van der Waals surface area (Å²) in [6, 6.07) is 10.5. The topological polar surface area (TPSA) is 68.3 Å². The van der Waals surface area contributed by atoms with Crippen molar-refractivity contribution in [2.45, 2.75) is 49.6 Å². The Hall–Kier alpha value is -1.44. The van der Waals surface area contributed by atoms with Crippen molar-refractivity contribution in [3.8, 4) is 5.88 Å². The van der Waals surface area contributed by atoms with E-state index in [1.165, 1.54) is 0 Å². The third-order valence-corrected chi connectivity index (χ3v) is 6.36. The molecule has 25 heavy (non-hydrogen) atoms. The van der Waals surface area contributed by atoms with Gasteiger partial charge in [0, 0.05) is 22.8 Å². The Kier molecular flexibility index (Phi) is 5.76. The Morgan fingerprint density at radius 1 is 1.08 bits per heavy atom. The first-order valence-corrected chi connectivity index (χ1v) is 10.6. The number of aryl methyl sites for hydroxylation is 1. The van der Waals surface area contributed by atoms with E-state index in [9.17, 15) is 8.42 Å². The number of hydrogen-bond donors (Lipinski definition) is 1. The maximum Gasteiger partial charge on any atom is 0.240 e. The molecule has 1 fully saturated rings. The van der Waals surface area contributed by atoms with Crippen LogP contribution in [-0.4, -0.2) is 25.5 Å². The highest BCUT2D eigenvalue weighted by molar-refractivity contribution is 9.10. The van der Waals surface area contributed by atoms with Gasteiger partial charge < -0.3 is 4.74 Å². The van der Waals surface area contributed by atoms with E-state index >= 15 is 0 Å². The highest BCUT2D eigenvalue weighted by atomic mass is 79.9. The number of nitrogens with one attached hydrogen (secondary N) is 1. The van der Waals surface area contributed by atoms with Gasteiger partial charge in [0.2, 0.25) is 15.9 Å². The molecule has 0 atom stereocenters. The summed E-state index contributed by atoms with van der Waals surface area (Å²) in [6.45, 7) is 1.99. The molecule has 1 aliphatic rings. The van der Waals surface area contributed by atoms with Gasteiger partial charge in [0.1, 0.15) is 6.10 Å². The zero-order valence-corrected chi connectivity index (χ0v) is 16.4. The first-order valence-electron chi connectivity index (χ1n) is 8.29. The predicted molar refractivity (Wildman–Crippen MR) is 100 cm³/mol. The van der Waals surface area contributed by atoms with Gasteiger partial charge in [0.05, 0.1) is 4.90 Å². The van der Waals surface area contributed by atoms with Crippen LogP contribution in [0.3, 0.4) is 0 Å². The normalized spacial score (nSPS) is 21.0. The molecule has 7 heteroatoms. The Labute approximate surface area is 157 Å². The van der Waals surface area contributed by atoms with Gasteiger partial charge in [-0.05, 0) is 62.4 Å². The summed E-state index contributed by atoms with van der Waals surface area (Å²) in [5.74, 6) is 0.629. The number of rotatable bonds is 5. The lowest BCUT2D eigenvalue weighted by Gasteiger charge is -2.29. The number of halogens is 1. The molecule has 1 aromatic heterocycles. The minimum atomic E-state index is -3.48. The Balaban J connectivity index is 1.53. The lowest BCUT2D eigenvalue weighted by atomic mass is 9.94. The molecule has 0 radical (unpaired) electrons. The first kappa shape index (κ1) is 18.4.